The van der Waals surface area contributed by atoms with Gasteiger partial charge in [-0.05, 0) is 12.2 Å². The van der Waals surface area contributed by atoms with E-state index in [1.807, 2.05) is 0 Å². The number of nitrogens with zero attached hydrogens (tertiary/aromatic N) is 1. The minimum absolute atomic E-state index is 0.423. The van der Waals surface area contributed by atoms with Crippen LogP contribution in [0, 0.1) is 0 Å². The third-order valence-corrected chi connectivity index (χ3v) is 1.63. The molecule has 0 spiro atoms. The zero-order chi connectivity index (χ0) is 9.84. The monoisotopic (exact) mass is 179 g/mol. The molecule has 1 rings (SSSR count). The molecule has 0 aromatic carbocycles. The van der Waals surface area contributed by atoms with E-state index < -0.39 is 17.9 Å². The molecule has 1 aliphatic heterocycles. The van der Waals surface area contributed by atoms with E-state index in [1.165, 1.54) is 12.3 Å². The lowest BCUT2D eigenvalue weighted by Gasteiger charge is -2.23. The number of hydrogen-bond donors (Lipinski definition) is 1. The van der Waals surface area contributed by atoms with E-state index in [2.05, 4.69) is 6.58 Å². The average Bonchev–Trinajstić information content (AvgIpc) is 2.16. The fraction of sp³-hybridized carbons (Fsp3) is 0.111. The van der Waals surface area contributed by atoms with Crippen molar-refractivity contribution in [1.82, 2.24) is 4.90 Å². The van der Waals surface area contributed by atoms with Crippen LogP contribution in [0.1, 0.15) is 0 Å². The first-order valence-electron chi connectivity index (χ1n) is 3.69. The molecule has 0 saturated heterocycles. The fourth-order valence-electron chi connectivity index (χ4n) is 1.01. The molecule has 68 valence electrons. The highest BCUT2D eigenvalue weighted by Gasteiger charge is 2.25. The Hall–Kier alpha value is -1.84. The van der Waals surface area contributed by atoms with Crippen LogP contribution in [0.5, 0.6) is 0 Å². The Bertz CT molecular complexity index is 304. The van der Waals surface area contributed by atoms with Gasteiger partial charge in [-0.3, -0.25) is 9.69 Å². The summed E-state index contributed by atoms with van der Waals surface area (Å²) in [5, 5.41) is 8.74. The Morgan fingerprint density at radius 3 is 2.69 bits per heavy atom. The molecular formula is C9H9NO3. The summed E-state index contributed by atoms with van der Waals surface area (Å²) < 4.78 is 0. The number of hydrogen-bond acceptors (Lipinski definition) is 2. The molecule has 4 nitrogen and oxygen atoms in total. The van der Waals surface area contributed by atoms with Gasteiger partial charge in [-0.2, -0.15) is 0 Å². The molecule has 0 saturated carbocycles. The maximum atomic E-state index is 11.1. The number of rotatable bonds is 2. The summed E-state index contributed by atoms with van der Waals surface area (Å²) in [6.45, 7) is 3.29. The Morgan fingerprint density at radius 2 is 2.15 bits per heavy atom. The van der Waals surface area contributed by atoms with E-state index >= 15 is 0 Å². The number of amides is 1. The number of aliphatic carboxylic acids is 1. The molecule has 0 aromatic rings. The van der Waals surface area contributed by atoms with Gasteiger partial charge in [-0.1, -0.05) is 18.7 Å². The predicted molar refractivity (Wildman–Crippen MR) is 46.7 cm³/mol. The van der Waals surface area contributed by atoms with Crippen molar-refractivity contribution in [2.75, 3.05) is 0 Å². The fourth-order valence-corrected chi connectivity index (χ4v) is 1.01. The van der Waals surface area contributed by atoms with Gasteiger partial charge < -0.3 is 5.11 Å². The second kappa shape index (κ2) is 3.71. The Kier molecular flexibility index (Phi) is 2.64. The first kappa shape index (κ1) is 9.25. The van der Waals surface area contributed by atoms with Crippen molar-refractivity contribution in [3.63, 3.8) is 0 Å². The van der Waals surface area contributed by atoms with Crippen LogP contribution >= 0.6 is 0 Å². The minimum atomic E-state index is -1.06. The number of carbonyl (C=O) groups excluding carboxylic acids is 1. The molecule has 0 aromatic heterocycles. The molecule has 1 atom stereocenters. The maximum absolute atomic E-state index is 11.1. The van der Waals surface area contributed by atoms with Gasteiger partial charge in [0.25, 0.3) is 5.91 Å². The summed E-state index contributed by atoms with van der Waals surface area (Å²) in [5.41, 5.74) is 0. The van der Waals surface area contributed by atoms with Gasteiger partial charge in [0.05, 0.1) is 0 Å². The van der Waals surface area contributed by atoms with Gasteiger partial charge >= 0.3 is 5.97 Å². The lowest BCUT2D eigenvalue weighted by Crippen LogP contribution is -2.40. The third kappa shape index (κ3) is 1.84. The Morgan fingerprint density at radius 1 is 1.46 bits per heavy atom. The molecule has 0 fully saturated rings. The minimum Gasteiger partial charge on any atom is -0.479 e. The van der Waals surface area contributed by atoms with E-state index in [9.17, 15) is 9.59 Å². The number of allylic oxidation sites excluding steroid dienone is 2. The summed E-state index contributed by atoms with van der Waals surface area (Å²) in [7, 11) is 0. The molecule has 0 radical (unpaired) electrons. The quantitative estimate of drug-likeness (QED) is 0.629. The topological polar surface area (TPSA) is 57.6 Å². The second-order valence-electron chi connectivity index (χ2n) is 2.46. The summed E-state index contributed by atoms with van der Waals surface area (Å²) in [5.74, 6) is -1.48. The predicted octanol–water partition coefficient (Wildman–Crippen LogP) is 0.538. The largest absolute Gasteiger partial charge is 0.479 e. The van der Waals surface area contributed by atoms with Crippen molar-refractivity contribution in [3.05, 3.63) is 37.1 Å². The van der Waals surface area contributed by atoms with Crippen LogP contribution in [0.4, 0.5) is 0 Å². The van der Waals surface area contributed by atoms with Gasteiger partial charge in [-0.25, -0.2) is 4.79 Å². The SMILES string of the molecule is C=CC(=O)N1C=CC=C[C@H]1C(=O)O. The van der Waals surface area contributed by atoms with Gasteiger partial charge in [0.2, 0.25) is 0 Å². The zero-order valence-corrected chi connectivity index (χ0v) is 6.88. The van der Waals surface area contributed by atoms with Crippen LogP contribution < -0.4 is 0 Å². The van der Waals surface area contributed by atoms with E-state index in [1.54, 1.807) is 12.2 Å². The molecule has 0 aliphatic carbocycles. The van der Waals surface area contributed by atoms with Crippen molar-refractivity contribution < 1.29 is 14.7 Å². The first-order chi connectivity index (χ1) is 6.16. The third-order valence-electron chi connectivity index (χ3n) is 1.63. The first-order valence-corrected chi connectivity index (χ1v) is 3.69. The summed E-state index contributed by atoms with van der Waals surface area (Å²) in [6, 6.07) is -0.921. The Labute approximate surface area is 75.5 Å². The normalized spacial score (nSPS) is 20.0. The van der Waals surface area contributed by atoms with Crippen LogP contribution in [0.2, 0.25) is 0 Å². The molecule has 0 unspecified atom stereocenters. The van der Waals surface area contributed by atoms with Gasteiger partial charge in [0.15, 0.2) is 6.04 Å². The van der Waals surface area contributed by atoms with Gasteiger partial charge in [0, 0.05) is 6.20 Å². The van der Waals surface area contributed by atoms with Crippen LogP contribution in [-0.4, -0.2) is 27.9 Å². The maximum Gasteiger partial charge on any atom is 0.330 e. The van der Waals surface area contributed by atoms with Crippen LogP contribution in [0.3, 0.4) is 0 Å². The van der Waals surface area contributed by atoms with E-state index in [0.717, 1.165) is 11.0 Å². The lowest BCUT2D eigenvalue weighted by atomic mass is 10.2. The van der Waals surface area contributed by atoms with Crippen molar-refractivity contribution in [2.24, 2.45) is 0 Å². The van der Waals surface area contributed by atoms with Gasteiger partial charge in [0.1, 0.15) is 0 Å². The molecule has 13 heavy (non-hydrogen) atoms. The summed E-state index contributed by atoms with van der Waals surface area (Å²) >= 11 is 0. The molecular weight excluding hydrogens is 170 g/mol. The van der Waals surface area contributed by atoms with Crippen LogP contribution in [0.25, 0.3) is 0 Å². The van der Waals surface area contributed by atoms with Crippen molar-refractivity contribution in [2.45, 2.75) is 6.04 Å². The Balaban J connectivity index is 2.88. The van der Waals surface area contributed by atoms with E-state index in [4.69, 9.17) is 5.11 Å². The average molecular weight is 179 g/mol. The smallest absolute Gasteiger partial charge is 0.330 e. The molecule has 1 heterocycles. The molecule has 1 N–H and O–H groups in total. The molecule has 0 bridgehead atoms. The van der Waals surface area contributed by atoms with Crippen molar-refractivity contribution in [3.8, 4) is 0 Å². The lowest BCUT2D eigenvalue weighted by molar-refractivity contribution is -0.144. The number of carboxylic acids is 1. The highest BCUT2D eigenvalue weighted by Crippen LogP contribution is 2.09. The van der Waals surface area contributed by atoms with Gasteiger partial charge in [-0.15, -0.1) is 0 Å². The number of carboxylic acid groups (broad SMARTS) is 1. The van der Waals surface area contributed by atoms with E-state index in [0.29, 0.717) is 0 Å². The molecule has 1 aliphatic rings. The standard InChI is InChI=1S/C9H9NO3/c1-2-8(11)10-6-4-3-5-7(10)9(12)13/h2-7H,1H2,(H,12,13)/t7-/m0/s1. The van der Waals surface area contributed by atoms with Crippen molar-refractivity contribution in [1.29, 1.82) is 0 Å². The summed E-state index contributed by atoms with van der Waals surface area (Å²) in [6.07, 6.45) is 7.12. The second-order valence-corrected chi connectivity index (χ2v) is 2.46. The summed E-state index contributed by atoms with van der Waals surface area (Å²) in [4.78, 5) is 22.9. The highest BCUT2D eigenvalue weighted by molar-refractivity contribution is 5.92. The highest BCUT2D eigenvalue weighted by atomic mass is 16.4. The molecule has 1 amide bonds. The van der Waals surface area contributed by atoms with Crippen LogP contribution in [-0.2, 0) is 9.59 Å². The molecule has 4 heteroatoms. The zero-order valence-electron chi connectivity index (χ0n) is 6.88. The van der Waals surface area contributed by atoms with Crippen LogP contribution in [0.15, 0.2) is 37.1 Å². The van der Waals surface area contributed by atoms with E-state index in [-0.39, 0.29) is 0 Å². The number of carbonyl (C=O) groups is 2. The van der Waals surface area contributed by atoms with Crippen molar-refractivity contribution >= 4 is 11.9 Å².